The summed E-state index contributed by atoms with van der Waals surface area (Å²) in [5.74, 6) is -2.37. The molecule has 0 saturated carbocycles. The van der Waals surface area contributed by atoms with Crippen LogP contribution in [-0.2, 0) is 23.8 Å². The van der Waals surface area contributed by atoms with Crippen molar-refractivity contribution >= 4 is 11.6 Å². The average Bonchev–Trinajstić information content (AvgIpc) is 2.46. The number of hydrogen-bond acceptors (Lipinski definition) is 5. The van der Waals surface area contributed by atoms with Gasteiger partial charge >= 0.3 is 5.97 Å². The molecule has 0 bridgehead atoms. The van der Waals surface area contributed by atoms with Crippen molar-refractivity contribution < 1.29 is 23.8 Å². The normalized spacial score (nSPS) is 11.6. The Morgan fingerprint density at radius 1 is 0.773 bits per heavy atom. The van der Waals surface area contributed by atoms with E-state index in [0.717, 1.165) is 38.5 Å². The fraction of sp³-hybridized carbons (Fsp3) is 0.882. The number of Topliss-reactive ketones (excluding diaryl/α,β-unsaturated/α-hetero) is 2. The van der Waals surface area contributed by atoms with Gasteiger partial charge in [0.05, 0.1) is 26.2 Å². The second-order valence-electron chi connectivity index (χ2n) is 5.46. The quantitative estimate of drug-likeness (QED) is 0.262. The fourth-order valence-corrected chi connectivity index (χ4v) is 1.75. The van der Waals surface area contributed by atoms with Crippen LogP contribution in [0.15, 0.2) is 0 Å². The van der Waals surface area contributed by atoms with E-state index in [0.29, 0.717) is 19.8 Å². The molecule has 0 aromatic rings. The Balaban J connectivity index is 4.99. The van der Waals surface area contributed by atoms with E-state index < -0.39 is 11.8 Å². The highest BCUT2D eigenvalue weighted by molar-refractivity contribution is 6.00. The van der Waals surface area contributed by atoms with Gasteiger partial charge in [-0.2, -0.15) is 0 Å². The smallest absolute Gasteiger partial charge is 0.321 e. The molecular weight excluding hydrogens is 284 g/mol. The van der Waals surface area contributed by atoms with E-state index >= 15 is 0 Å². The van der Waals surface area contributed by atoms with Crippen LogP contribution in [0, 0.1) is 0 Å². The van der Waals surface area contributed by atoms with Crippen LogP contribution in [0.3, 0.4) is 0 Å². The Kier molecular flexibility index (Phi) is 12.3. The third-order valence-corrected chi connectivity index (χ3v) is 3.12. The number of carbonyl (C=O) groups is 2. The lowest BCUT2D eigenvalue weighted by molar-refractivity contribution is -0.354. The maximum atomic E-state index is 12.5. The number of carbonyl (C=O) groups excluding carboxylic acids is 2. The van der Waals surface area contributed by atoms with Crippen molar-refractivity contribution in [3.63, 3.8) is 0 Å². The first-order valence-electron chi connectivity index (χ1n) is 8.47. The van der Waals surface area contributed by atoms with E-state index in [-0.39, 0.29) is 12.2 Å². The van der Waals surface area contributed by atoms with Gasteiger partial charge in [0, 0.05) is 0 Å². The summed E-state index contributed by atoms with van der Waals surface area (Å²) in [5, 5.41) is 0. The summed E-state index contributed by atoms with van der Waals surface area (Å²) in [6.45, 7) is 8.62. The van der Waals surface area contributed by atoms with Crippen molar-refractivity contribution in [2.45, 2.75) is 78.6 Å². The van der Waals surface area contributed by atoms with Crippen LogP contribution < -0.4 is 0 Å². The highest BCUT2D eigenvalue weighted by Gasteiger charge is 2.42. The largest absolute Gasteiger partial charge is 0.347 e. The zero-order chi connectivity index (χ0) is 16.8. The van der Waals surface area contributed by atoms with Gasteiger partial charge in [-0.15, -0.1) is 0 Å². The van der Waals surface area contributed by atoms with Crippen LogP contribution in [0.2, 0.25) is 0 Å². The lowest BCUT2D eigenvalue weighted by Gasteiger charge is -2.31. The van der Waals surface area contributed by atoms with E-state index in [1.54, 1.807) is 0 Å². The van der Waals surface area contributed by atoms with Gasteiger partial charge in [0.25, 0.3) is 0 Å². The van der Waals surface area contributed by atoms with Crippen molar-refractivity contribution in [1.82, 2.24) is 0 Å². The summed E-state index contributed by atoms with van der Waals surface area (Å²) < 4.78 is 17.0. The molecule has 0 aliphatic carbocycles. The van der Waals surface area contributed by atoms with Crippen LogP contribution in [0.25, 0.3) is 0 Å². The van der Waals surface area contributed by atoms with Gasteiger partial charge in [-0.05, 0) is 26.2 Å². The van der Waals surface area contributed by atoms with Crippen molar-refractivity contribution in [2.75, 3.05) is 19.8 Å². The molecule has 22 heavy (non-hydrogen) atoms. The van der Waals surface area contributed by atoms with E-state index in [9.17, 15) is 9.59 Å². The molecule has 0 radical (unpaired) electrons. The van der Waals surface area contributed by atoms with Gasteiger partial charge in [0.2, 0.25) is 5.78 Å². The molecule has 0 rings (SSSR count). The molecule has 0 aliphatic heterocycles. The maximum absolute atomic E-state index is 12.5. The Bertz CT molecular complexity index is 288. The van der Waals surface area contributed by atoms with E-state index in [2.05, 4.69) is 0 Å². The minimum Gasteiger partial charge on any atom is -0.321 e. The number of rotatable bonds is 15. The Morgan fingerprint density at radius 2 is 1.14 bits per heavy atom. The summed E-state index contributed by atoms with van der Waals surface area (Å²) in [5.41, 5.74) is 0. The maximum Gasteiger partial charge on any atom is 0.347 e. The molecule has 0 saturated heterocycles. The number of ketones is 2. The molecule has 0 aromatic carbocycles. The molecule has 0 fully saturated rings. The summed E-state index contributed by atoms with van der Waals surface area (Å²) in [6.07, 6.45) is 5.03. The van der Waals surface area contributed by atoms with Gasteiger partial charge in [0.1, 0.15) is 5.78 Å². The van der Waals surface area contributed by atoms with Gasteiger partial charge in [-0.25, -0.2) is 0 Å². The molecule has 0 heterocycles. The minimum absolute atomic E-state index is 0.216. The van der Waals surface area contributed by atoms with Crippen molar-refractivity contribution in [3.8, 4) is 0 Å². The summed E-state index contributed by atoms with van der Waals surface area (Å²) in [4.78, 5) is 23.8. The molecule has 5 nitrogen and oxygen atoms in total. The second kappa shape index (κ2) is 12.7. The Morgan fingerprint density at radius 3 is 1.41 bits per heavy atom. The Labute approximate surface area is 134 Å². The third kappa shape index (κ3) is 8.61. The molecule has 0 N–H and O–H groups in total. The van der Waals surface area contributed by atoms with E-state index in [4.69, 9.17) is 14.2 Å². The molecule has 0 amide bonds. The van der Waals surface area contributed by atoms with Crippen LogP contribution >= 0.6 is 0 Å². The fourth-order valence-electron chi connectivity index (χ4n) is 1.75. The molecule has 0 atom stereocenters. The number of ether oxygens (including phenoxy) is 3. The summed E-state index contributed by atoms with van der Waals surface area (Å²) in [6, 6.07) is 0. The molecule has 0 aromatic heterocycles. The molecule has 5 heteroatoms. The first-order chi connectivity index (χ1) is 10.5. The third-order valence-electron chi connectivity index (χ3n) is 3.12. The lowest BCUT2D eigenvalue weighted by Crippen LogP contribution is -2.48. The van der Waals surface area contributed by atoms with Crippen LogP contribution in [0.1, 0.15) is 72.6 Å². The summed E-state index contributed by atoms with van der Waals surface area (Å²) >= 11 is 0. The topological polar surface area (TPSA) is 61.8 Å². The number of unbranched alkanes of at least 4 members (excludes halogenated alkanes) is 3. The SMILES string of the molecule is CCCCOC(OCCCC)(OCCCC)C(=O)CC(C)=O. The molecule has 130 valence electrons. The standard InChI is InChI=1S/C17H32O5/c1-5-8-11-20-17(21-12-9-6-2,22-13-10-7-3)16(19)14-15(4)18/h5-14H2,1-4H3. The predicted octanol–water partition coefficient (Wildman–Crippen LogP) is 3.64. The molecule has 0 aliphatic rings. The van der Waals surface area contributed by atoms with Crippen LogP contribution in [0.5, 0.6) is 0 Å². The van der Waals surface area contributed by atoms with Crippen LogP contribution in [-0.4, -0.2) is 37.4 Å². The average molecular weight is 316 g/mol. The molecule has 0 spiro atoms. The molecular formula is C17H32O5. The summed E-state index contributed by atoms with van der Waals surface area (Å²) in [7, 11) is 0. The monoisotopic (exact) mass is 316 g/mol. The van der Waals surface area contributed by atoms with Gasteiger partial charge in [-0.1, -0.05) is 40.0 Å². The van der Waals surface area contributed by atoms with Crippen molar-refractivity contribution in [1.29, 1.82) is 0 Å². The first-order valence-corrected chi connectivity index (χ1v) is 8.47. The van der Waals surface area contributed by atoms with E-state index in [1.807, 2.05) is 20.8 Å². The lowest BCUT2D eigenvalue weighted by atomic mass is 10.2. The Hall–Kier alpha value is -0.780. The van der Waals surface area contributed by atoms with Gasteiger partial charge in [0.15, 0.2) is 0 Å². The zero-order valence-electron chi connectivity index (χ0n) is 14.6. The van der Waals surface area contributed by atoms with Gasteiger partial charge in [-0.3, -0.25) is 9.59 Å². The van der Waals surface area contributed by atoms with Crippen molar-refractivity contribution in [2.24, 2.45) is 0 Å². The predicted molar refractivity (Wildman–Crippen MR) is 85.6 cm³/mol. The van der Waals surface area contributed by atoms with Gasteiger partial charge < -0.3 is 14.2 Å². The number of hydrogen-bond donors (Lipinski definition) is 0. The van der Waals surface area contributed by atoms with Crippen LogP contribution in [0.4, 0.5) is 0 Å². The first kappa shape index (κ1) is 21.2. The molecule has 0 unspecified atom stereocenters. The highest BCUT2D eigenvalue weighted by atomic mass is 16.9. The van der Waals surface area contributed by atoms with E-state index in [1.165, 1.54) is 6.92 Å². The minimum atomic E-state index is -1.72. The highest BCUT2D eigenvalue weighted by Crippen LogP contribution is 2.21. The van der Waals surface area contributed by atoms with Crippen molar-refractivity contribution in [3.05, 3.63) is 0 Å². The second-order valence-corrected chi connectivity index (χ2v) is 5.46. The zero-order valence-corrected chi connectivity index (χ0v) is 14.6.